The Morgan fingerprint density at radius 3 is 2.60 bits per heavy atom. The Kier molecular flexibility index (Phi) is 7.06. The van der Waals surface area contributed by atoms with E-state index in [1.54, 1.807) is 32.1 Å². The number of guanidine groups is 1. The molecule has 1 amide bonds. The van der Waals surface area contributed by atoms with Crippen molar-refractivity contribution in [2.24, 2.45) is 4.99 Å². The number of hydrogen-bond donors (Lipinski definition) is 3. The molecular weight excluding hydrogens is 381 g/mol. The molecule has 0 aliphatic rings. The standard InChI is InChI=1S/C23H28FN5O/c1-25-23(26-11-9-16-5-4-6-17(13-16)22(30)29(2)3)27-12-10-18-15-28-21-14-19(24)7-8-20(18)21/h4-8,13-15,28H,9-12H2,1-3H3,(H2,25,26,27). The second kappa shape index (κ2) is 9.91. The van der Waals surface area contributed by atoms with Crippen LogP contribution in [-0.2, 0) is 12.8 Å². The molecule has 3 rings (SSSR count). The third-order valence-corrected chi connectivity index (χ3v) is 4.93. The van der Waals surface area contributed by atoms with Crippen molar-refractivity contribution in [3.05, 3.63) is 71.2 Å². The van der Waals surface area contributed by atoms with Gasteiger partial charge < -0.3 is 20.5 Å². The molecule has 0 fully saturated rings. The maximum absolute atomic E-state index is 13.3. The number of fused-ring (bicyclic) bond motifs is 1. The summed E-state index contributed by atoms with van der Waals surface area (Å²) in [4.78, 5) is 21.0. The van der Waals surface area contributed by atoms with Crippen LogP contribution in [0, 0.1) is 5.82 Å². The summed E-state index contributed by atoms with van der Waals surface area (Å²) >= 11 is 0. The number of carbonyl (C=O) groups is 1. The first-order valence-corrected chi connectivity index (χ1v) is 9.98. The highest BCUT2D eigenvalue weighted by Gasteiger charge is 2.08. The van der Waals surface area contributed by atoms with Crippen LogP contribution in [-0.4, -0.2) is 56.0 Å². The molecule has 0 saturated carbocycles. The quantitative estimate of drug-likeness (QED) is 0.415. The van der Waals surface area contributed by atoms with Gasteiger partial charge in [-0.2, -0.15) is 0 Å². The molecule has 30 heavy (non-hydrogen) atoms. The Hall–Kier alpha value is -3.35. The van der Waals surface area contributed by atoms with Gasteiger partial charge in [-0.15, -0.1) is 0 Å². The first-order chi connectivity index (χ1) is 14.5. The Morgan fingerprint density at radius 2 is 1.87 bits per heavy atom. The van der Waals surface area contributed by atoms with E-state index in [-0.39, 0.29) is 11.7 Å². The van der Waals surface area contributed by atoms with Crippen LogP contribution in [0.1, 0.15) is 21.5 Å². The molecule has 0 unspecified atom stereocenters. The fraction of sp³-hybridized carbons (Fsp3) is 0.304. The molecule has 2 aromatic carbocycles. The van der Waals surface area contributed by atoms with E-state index in [1.807, 2.05) is 30.5 Å². The molecule has 0 saturated heterocycles. The summed E-state index contributed by atoms with van der Waals surface area (Å²) in [5, 5.41) is 7.64. The molecule has 3 aromatic rings. The van der Waals surface area contributed by atoms with Gasteiger partial charge in [-0.3, -0.25) is 9.79 Å². The van der Waals surface area contributed by atoms with E-state index >= 15 is 0 Å². The highest BCUT2D eigenvalue weighted by Crippen LogP contribution is 2.19. The van der Waals surface area contributed by atoms with Crippen LogP contribution in [0.25, 0.3) is 10.9 Å². The van der Waals surface area contributed by atoms with E-state index in [1.165, 1.54) is 12.1 Å². The Labute approximate surface area is 176 Å². The predicted octanol–water partition coefficient (Wildman–Crippen LogP) is 2.96. The molecule has 0 aliphatic carbocycles. The van der Waals surface area contributed by atoms with E-state index in [9.17, 15) is 9.18 Å². The Balaban J connectivity index is 1.47. The minimum atomic E-state index is -0.241. The van der Waals surface area contributed by atoms with Gasteiger partial charge in [0, 0.05) is 56.9 Å². The number of nitrogens with zero attached hydrogens (tertiary/aromatic N) is 2. The van der Waals surface area contributed by atoms with Crippen LogP contribution < -0.4 is 10.6 Å². The predicted molar refractivity (Wildman–Crippen MR) is 119 cm³/mol. The molecule has 6 nitrogen and oxygen atoms in total. The van der Waals surface area contributed by atoms with Crippen LogP contribution in [0.2, 0.25) is 0 Å². The molecule has 0 spiro atoms. The molecule has 1 aromatic heterocycles. The number of rotatable bonds is 7. The van der Waals surface area contributed by atoms with Crippen molar-refractivity contribution in [2.45, 2.75) is 12.8 Å². The Morgan fingerprint density at radius 1 is 1.10 bits per heavy atom. The van der Waals surface area contributed by atoms with Gasteiger partial charge in [-0.25, -0.2) is 4.39 Å². The summed E-state index contributed by atoms with van der Waals surface area (Å²) in [6.45, 7) is 1.41. The second-order valence-corrected chi connectivity index (χ2v) is 7.33. The van der Waals surface area contributed by atoms with Gasteiger partial charge in [0.1, 0.15) is 5.82 Å². The third kappa shape index (κ3) is 5.37. The molecule has 0 aliphatic heterocycles. The van der Waals surface area contributed by atoms with Gasteiger partial charge in [-0.05, 0) is 54.3 Å². The minimum Gasteiger partial charge on any atom is -0.361 e. The van der Waals surface area contributed by atoms with Crippen LogP contribution in [0.5, 0.6) is 0 Å². The molecule has 0 atom stereocenters. The van der Waals surface area contributed by atoms with Gasteiger partial charge >= 0.3 is 0 Å². The molecule has 3 N–H and O–H groups in total. The number of aromatic nitrogens is 1. The number of nitrogens with one attached hydrogen (secondary N) is 3. The van der Waals surface area contributed by atoms with E-state index < -0.39 is 0 Å². The van der Waals surface area contributed by atoms with Crippen LogP contribution in [0.3, 0.4) is 0 Å². The summed E-state index contributed by atoms with van der Waals surface area (Å²) < 4.78 is 13.3. The van der Waals surface area contributed by atoms with Gasteiger partial charge in [0.05, 0.1) is 0 Å². The monoisotopic (exact) mass is 409 g/mol. The second-order valence-electron chi connectivity index (χ2n) is 7.33. The smallest absolute Gasteiger partial charge is 0.253 e. The highest BCUT2D eigenvalue weighted by atomic mass is 19.1. The van der Waals surface area contributed by atoms with Gasteiger partial charge in [0.2, 0.25) is 0 Å². The van der Waals surface area contributed by atoms with Crippen LogP contribution >= 0.6 is 0 Å². The number of carbonyl (C=O) groups excluding carboxylic acids is 1. The van der Waals surface area contributed by atoms with Crippen molar-refractivity contribution in [2.75, 3.05) is 34.2 Å². The lowest BCUT2D eigenvalue weighted by molar-refractivity contribution is 0.0827. The van der Waals surface area contributed by atoms with Crippen molar-refractivity contribution in [1.29, 1.82) is 0 Å². The molecule has 7 heteroatoms. The maximum atomic E-state index is 13.3. The minimum absolute atomic E-state index is 0.00213. The van der Waals surface area contributed by atoms with Crippen molar-refractivity contribution in [3.8, 4) is 0 Å². The molecule has 0 bridgehead atoms. The van der Waals surface area contributed by atoms with E-state index in [0.717, 1.165) is 40.8 Å². The zero-order chi connectivity index (χ0) is 21.5. The topological polar surface area (TPSA) is 72.5 Å². The zero-order valence-corrected chi connectivity index (χ0v) is 17.6. The van der Waals surface area contributed by atoms with E-state index in [2.05, 4.69) is 20.6 Å². The first-order valence-electron chi connectivity index (χ1n) is 9.98. The first kappa shape index (κ1) is 21.4. The van der Waals surface area contributed by atoms with Gasteiger partial charge in [0.15, 0.2) is 5.96 Å². The largest absolute Gasteiger partial charge is 0.361 e. The van der Waals surface area contributed by atoms with Crippen LogP contribution in [0.15, 0.2) is 53.7 Å². The van der Waals surface area contributed by atoms with Gasteiger partial charge in [0.25, 0.3) is 5.91 Å². The molecule has 0 radical (unpaired) electrons. The number of amides is 1. The van der Waals surface area contributed by atoms with Crippen molar-refractivity contribution < 1.29 is 9.18 Å². The lowest BCUT2D eigenvalue weighted by atomic mass is 10.1. The fourth-order valence-electron chi connectivity index (χ4n) is 3.34. The highest BCUT2D eigenvalue weighted by molar-refractivity contribution is 5.94. The SMILES string of the molecule is CN=C(NCCc1cccc(C(=O)N(C)C)c1)NCCc1c[nH]c2cc(F)ccc12. The van der Waals surface area contributed by atoms with Gasteiger partial charge in [-0.1, -0.05) is 12.1 Å². The normalized spacial score (nSPS) is 11.5. The van der Waals surface area contributed by atoms with Crippen LogP contribution in [0.4, 0.5) is 4.39 Å². The van der Waals surface area contributed by atoms with Crippen molar-refractivity contribution in [1.82, 2.24) is 20.5 Å². The lowest BCUT2D eigenvalue weighted by Crippen LogP contribution is -2.39. The number of hydrogen-bond acceptors (Lipinski definition) is 2. The van der Waals surface area contributed by atoms with E-state index in [0.29, 0.717) is 18.7 Å². The average molecular weight is 410 g/mol. The van der Waals surface area contributed by atoms with E-state index in [4.69, 9.17) is 0 Å². The number of H-pyrrole nitrogens is 1. The average Bonchev–Trinajstić information content (AvgIpc) is 3.14. The number of halogens is 1. The summed E-state index contributed by atoms with van der Waals surface area (Å²) in [6.07, 6.45) is 3.49. The third-order valence-electron chi connectivity index (χ3n) is 4.93. The lowest BCUT2D eigenvalue weighted by Gasteiger charge is -2.13. The number of aliphatic imine (C=N–C) groups is 1. The zero-order valence-electron chi connectivity index (χ0n) is 17.6. The Bertz CT molecular complexity index is 1040. The number of benzene rings is 2. The molecule has 158 valence electrons. The summed E-state index contributed by atoms with van der Waals surface area (Å²) in [5.41, 5.74) is 3.73. The molecule has 1 heterocycles. The maximum Gasteiger partial charge on any atom is 0.253 e. The number of aromatic amines is 1. The van der Waals surface area contributed by atoms with Crippen molar-refractivity contribution in [3.63, 3.8) is 0 Å². The summed E-state index contributed by atoms with van der Waals surface area (Å²) in [7, 11) is 5.24. The summed E-state index contributed by atoms with van der Waals surface area (Å²) in [5.74, 6) is 0.485. The fourth-order valence-corrected chi connectivity index (χ4v) is 3.34. The van der Waals surface area contributed by atoms with Crippen molar-refractivity contribution >= 4 is 22.8 Å². The summed E-state index contributed by atoms with van der Waals surface area (Å²) in [6, 6.07) is 12.5. The molecular formula is C23H28FN5O.